The van der Waals surface area contributed by atoms with Crippen LogP contribution in [0, 0.1) is 0 Å². The molecule has 0 bridgehead atoms. The van der Waals surface area contributed by atoms with E-state index in [1.165, 1.54) is 6.07 Å². The summed E-state index contributed by atoms with van der Waals surface area (Å²) >= 11 is 0. The van der Waals surface area contributed by atoms with Crippen LogP contribution in [0.1, 0.15) is 24.2 Å². The second-order valence-electron chi connectivity index (χ2n) is 4.26. The molecule has 0 heterocycles. The number of benzene rings is 1. The average molecular weight is 265 g/mol. The Hall–Kier alpha value is -2.24. The van der Waals surface area contributed by atoms with Gasteiger partial charge in [-0.15, -0.1) is 0 Å². The van der Waals surface area contributed by atoms with E-state index in [0.29, 0.717) is 17.9 Å². The minimum absolute atomic E-state index is 0.0821. The molecule has 1 amide bonds. The van der Waals surface area contributed by atoms with Crippen LogP contribution in [-0.4, -0.2) is 36.6 Å². The molecule has 0 spiro atoms. The number of carboxylic acid groups (broad SMARTS) is 1. The van der Waals surface area contributed by atoms with Crippen LogP contribution in [0.2, 0.25) is 0 Å². The molecule has 0 aromatic heterocycles. The molecule has 6 heteroatoms. The van der Waals surface area contributed by atoms with E-state index in [2.05, 4.69) is 5.32 Å². The molecule has 0 aliphatic rings. The van der Waals surface area contributed by atoms with Crippen molar-refractivity contribution in [3.8, 4) is 0 Å². The Bertz CT molecular complexity index is 488. The first-order valence-corrected chi connectivity index (χ1v) is 6.01. The molecule has 1 aromatic rings. The van der Waals surface area contributed by atoms with E-state index in [-0.39, 0.29) is 11.5 Å². The van der Waals surface area contributed by atoms with Gasteiger partial charge >= 0.3 is 5.97 Å². The largest absolute Gasteiger partial charge is 0.478 e. The fourth-order valence-electron chi connectivity index (χ4n) is 1.74. The van der Waals surface area contributed by atoms with Gasteiger partial charge in [0.25, 0.3) is 0 Å². The highest BCUT2D eigenvalue weighted by Gasteiger charge is 2.22. The molecule has 1 atom stereocenters. The van der Waals surface area contributed by atoms with Crippen molar-refractivity contribution in [3.05, 3.63) is 23.8 Å². The molecule has 19 heavy (non-hydrogen) atoms. The monoisotopic (exact) mass is 265 g/mol. The number of carbonyl (C=O) groups is 2. The third-order valence-electron chi connectivity index (χ3n) is 2.94. The summed E-state index contributed by atoms with van der Waals surface area (Å²) in [5, 5.41) is 11.9. The van der Waals surface area contributed by atoms with Gasteiger partial charge in [0.15, 0.2) is 0 Å². The number of amides is 1. The Morgan fingerprint density at radius 2 is 2.11 bits per heavy atom. The highest BCUT2D eigenvalue weighted by molar-refractivity contribution is 5.97. The maximum Gasteiger partial charge on any atom is 0.337 e. The zero-order valence-electron chi connectivity index (χ0n) is 11.3. The second-order valence-corrected chi connectivity index (χ2v) is 4.26. The van der Waals surface area contributed by atoms with Gasteiger partial charge in [0, 0.05) is 19.3 Å². The number of nitrogens with zero attached hydrogens (tertiary/aromatic N) is 1. The molecule has 0 fully saturated rings. The highest BCUT2D eigenvalue weighted by Crippen LogP contribution is 2.24. The third-order valence-corrected chi connectivity index (χ3v) is 2.94. The van der Waals surface area contributed by atoms with E-state index in [0.717, 1.165) is 0 Å². The van der Waals surface area contributed by atoms with E-state index < -0.39 is 12.0 Å². The fraction of sp³-hybridized carbons (Fsp3) is 0.385. The number of carboxylic acids is 1. The molecule has 1 rings (SSSR count). The molecule has 6 nitrogen and oxygen atoms in total. The topological polar surface area (TPSA) is 95.7 Å². The van der Waals surface area contributed by atoms with Crippen LogP contribution in [0.3, 0.4) is 0 Å². The minimum Gasteiger partial charge on any atom is -0.478 e. The lowest BCUT2D eigenvalue weighted by atomic mass is 10.1. The van der Waals surface area contributed by atoms with E-state index in [9.17, 15) is 14.7 Å². The van der Waals surface area contributed by atoms with Crippen LogP contribution in [-0.2, 0) is 4.79 Å². The summed E-state index contributed by atoms with van der Waals surface area (Å²) in [4.78, 5) is 24.6. The molecule has 0 radical (unpaired) electrons. The lowest BCUT2D eigenvalue weighted by molar-refractivity contribution is -0.121. The zero-order chi connectivity index (χ0) is 14.6. The number of carbonyl (C=O) groups excluding carboxylic acids is 1. The van der Waals surface area contributed by atoms with E-state index >= 15 is 0 Å². The lowest BCUT2D eigenvalue weighted by Gasteiger charge is -2.27. The van der Waals surface area contributed by atoms with Crippen molar-refractivity contribution in [2.75, 3.05) is 24.2 Å². The number of aromatic carboxylic acids is 1. The van der Waals surface area contributed by atoms with Crippen molar-refractivity contribution in [2.24, 2.45) is 0 Å². The van der Waals surface area contributed by atoms with Gasteiger partial charge in [-0.2, -0.15) is 0 Å². The number of hydrogen-bond donors (Lipinski definition) is 3. The fourth-order valence-corrected chi connectivity index (χ4v) is 1.74. The zero-order valence-corrected chi connectivity index (χ0v) is 11.3. The van der Waals surface area contributed by atoms with Gasteiger partial charge in [0.2, 0.25) is 5.91 Å². The molecule has 0 saturated carbocycles. The molecular formula is C13H19N3O3. The lowest BCUT2D eigenvalue weighted by Crippen LogP contribution is -2.43. The summed E-state index contributed by atoms with van der Waals surface area (Å²) in [6, 6.07) is 4.14. The summed E-state index contributed by atoms with van der Waals surface area (Å²) in [6.07, 6.45) is 0. The predicted octanol–water partition coefficient (Wildman–Crippen LogP) is 0.928. The molecule has 0 saturated heterocycles. The molecule has 0 aliphatic carbocycles. The maximum atomic E-state index is 11.8. The Kier molecular flexibility index (Phi) is 4.74. The van der Waals surface area contributed by atoms with E-state index in [4.69, 9.17) is 5.73 Å². The van der Waals surface area contributed by atoms with Gasteiger partial charge in [-0.1, -0.05) is 0 Å². The summed E-state index contributed by atoms with van der Waals surface area (Å²) in [6.45, 7) is 4.08. The number of nitrogens with one attached hydrogen (secondary N) is 1. The van der Waals surface area contributed by atoms with Crippen LogP contribution < -0.4 is 16.0 Å². The number of likely N-dealkylation sites (N-methyl/N-ethyl adjacent to an activating group) is 2. The SMILES string of the molecule is CCNC(=O)C(C)N(C)c1ccc(N)cc1C(=O)O. The predicted molar refractivity (Wildman–Crippen MR) is 74.4 cm³/mol. The maximum absolute atomic E-state index is 11.8. The second kappa shape index (κ2) is 6.08. The van der Waals surface area contributed by atoms with Crippen LogP contribution in [0.25, 0.3) is 0 Å². The number of hydrogen-bond acceptors (Lipinski definition) is 4. The number of nitrogens with two attached hydrogens (primary N) is 1. The normalized spacial score (nSPS) is 11.7. The van der Waals surface area contributed by atoms with Crippen LogP contribution in [0.15, 0.2) is 18.2 Å². The molecule has 1 aromatic carbocycles. The van der Waals surface area contributed by atoms with Crippen LogP contribution in [0.4, 0.5) is 11.4 Å². The summed E-state index contributed by atoms with van der Waals surface area (Å²) in [7, 11) is 1.68. The standard InChI is InChI=1S/C13H19N3O3/c1-4-15-12(17)8(2)16(3)11-6-5-9(14)7-10(11)13(18)19/h5-8H,4,14H2,1-3H3,(H,15,17)(H,18,19). The van der Waals surface area contributed by atoms with Crippen molar-refractivity contribution in [2.45, 2.75) is 19.9 Å². The minimum atomic E-state index is -1.07. The molecular weight excluding hydrogens is 246 g/mol. The smallest absolute Gasteiger partial charge is 0.337 e. The van der Waals surface area contributed by atoms with Gasteiger partial charge in [-0.3, -0.25) is 4.79 Å². The quantitative estimate of drug-likeness (QED) is 0.688. The third kappa shape index (κ3) is 3.37. The first kappa shape index (κ1) is 14.8. The summed E-state index contributed by atoms with van der Waals surface area (Å²) in [5.74, 6) is -1.23. The molecule has 104 valence electrons. The first-order valence-electron chi connectivity index (χ1n) is 6.01. The van der Waals surface area contributed by atoms with Crippen molar-refractivity contribution in [1.82, 2.24) is 5.32 Å². The Balaban J connectivity index is 3.08. The van der Waals surface area contributed by atoms with Crippen molar-refractivity contribution in [3.63, 3.8) is 0 Å². The van der Waals surface area contributed by atoms with Crippen molar-refractivity contribution >= 4 is 23.3 Å². The Morgan fingerprint density at radius 1 is 1.47 bits per heavy atom. The van der Waals surface area contributed by atoms with Gasteiger partial charge < -0.3 is 21.1 Å². The highest BCUT2D eigenvalue weighted by atomic mass is 16.4. The van der Waals surface area contributed by atoms with Gasteiger partial charge in [-0.25, -0.2) is 4.79 Å². The van der Waals surface area contributed by atoms with E-state index in [1.54, 1.807) is 31.0 Å². The van der Waals surface area contributed by atoms with E-state index in [1.807, 2.05) is 6.92 Å². The van der Waals surface area contributed by atoms with Gasteiger partial charge in [0.1, 0.15) is 6.04 Å². The van der Waals surface area contributed by atoms with Gasteiger partial charge in [-0.05, 0) is 32.0 Å². The average Bonchev–Trinajstić information content (AvgIpc) is 2.37. The number of rotatable bonds is 5. The van der Waals surface area contributed by atoms with Gasteiger partial charge in [0.05, 0.1) is 11.3 Å². The Morgan fingerprint density at radius 3 is 2.63 bits per heavy atom. The van der Waals surface area contributed by atoms with Crippen molar-refractivity contribution < 1.29 is 14.7 Å². The van der Waals surface area contributed by atoms with Crippen LogP contribution in [0.5, 0.6) is 0 Å². The first-order chi connectivity index (χ1) is 8.88. The number of nitrogen functional groups attached to an aromatic ring is 1. The van der Waals surface area contributed by atoms with Crippen molar-refractivity contribution in [1.29, 1.82) is 0 Å². The number of anilines is 2. The summed E-state index contributed by atoms with van der Waals surface area (Å²) in [5.41, 5.74) is 6.50. The van der Waals surface area contributed by atoms with Crippen LogP contribution >= 0.6 is 0 Å². The molecule has 0 aliphatic heterocycles. The molecule has 4 N–H and O–H groups in total. The molecule has 1 unspecified atom stereocenters. The summed E-state index contributed by atoms with van der Waals surface area (Å²) < 4.78 is 0. The Labute approximate surface area is 112 Å².